The Kier molecular flexibility index (Phi) is 5.50. The number of para-hydroxylation sites is 1. The molecule has 0 aliphatic rings. The Balaban J connectivity index is 2.15. The molecule has 0 aliphatic heterocycles. The average Bonchev–Trinajstić information content (AvgIpc) is 3.16. The summed E-state index contributed by atoms with van der Waals surface area (Å²) in [5.74, 6) is 0.509. The van der Waals surface area contributed by atoms with E-state index in [0.29, 0.717) is 22.8 Å². The highest BCUT2D eigenvalue weighted by atomic mass is 79.9. The number of ether oxygens (including phenoxy) is 2. The first-order valence-corrected chi connectivity index (χ1v) is 9.56. The van der Waals surface area contributed by atoms with Crippen LogP contribution in [0.15, 0.2) is 39.1 Å². The maximum absolute atomic E-state index is 12.4. The highest BCUT2D eigenvalue weighted by molar-refractivity contribution is 9.11. The van der Waals surface area contributed by atoms with Crippen LogP contribution >= 0.6 is 38.6 Å². The van der Waals surface area contributed by atoms with Crippen molar-refractivity contribution in [3.05, 3.63) is 43.8 Å². The van der Waals surface area contributed by atoms with Crippen LogP contribution in [0.1, 0.15) is 9.67 Å². The number of methoxy groups -OCH3 is 2. The van der Waals surface area contributed by atoms with E-state index < -0.39 is 0 Å². The smallest absolute Gasteiger partial charge is 0.289 e. The van der Waals surface area contributed by atoms with Gasteiger partial charge in [0.05, 0.1) is 27.1 Å². The second-order valence-corrected chi connectivity index (χ2v) is 8.33. The predicted molar refractivity (Wildman–Crippen MR) is 100 cm³/mol. The molecule has 2 aromatic heterocycles. The van der Waals surface area contributed by atoms with Gasteiger partial charge in [-0.25, -0.2) is 0 Å². The molecule has 3 aromatic rings. The van der Waals surface area contributed by atoms with E-state index >= 15 is 0 Å². The van der Waals surface area contributed by atoms with Crippen LogP contribution in [0, 0.1) is 0 Å². The third-order valence-electron chi connectivity index (χ3n) is 3.38. The van der Waals surface area contributed by atoms with Crippen molar-refractivity contribution < 1.29 is 14.3 Å². The maximum Gasteiger partial charge on any atom is 0.289 e. The lowest BCUT2D eigenvalue weighted by Crippen LogP contribution is -2.19. The molecule has 0 N–H and O–H groups in total. The minimum Gasteiger partial charge on any atom is -0.495 e. The van der Waals surface area contributed by atoms with Crippen molar-refractivity contribution in [2.24, 2.45) is 4.99 Å². The molecule has 8 heteroatoms. The Morgan fingerprint density at radius 3 is 2.75 bits per heavy atom. The molecule has 0 saturated heterocycles. The van der Waals surface area contributed by atoms with Crippen LogP contribution in [-0.2, 0) is 11.3 Å². The molecule has 3 rings (SSSR count). The second kappa shape index (κ2) is 7.60. The molecule has 24 heavy (non-hydrogen) atoms. The summed E-state index contributed by atoms with van der Waals surface area (Å²) < 4.78 is 14.6. The summed E-state index contributed by atoms with van der Waals surface area (Å²) in [7, 11) is 3.29. The van der Waals surface area contributed by atoms with Gasteiger partial charge in [-0.1, -0.05) is 17.4 Å². The molecule has 1 amide bonds. The van der Waals surface area contributed by atoms with Crippen LogP contribution in [0.3, 0.4) is 0 Å². The first kappa shape index (κ1) is 17.3. The zero-order chi connectivity index (χ0) is 17.1. The van der Waals surface area contributed by atoms with Crippen molar-refractivity contribution in [3.63, 3.8) is 0 Å². The molecule has 0 radical (unpaired) electrons. The number of hydrogen-bond donors (Lipinski definition) is 0. The van der Waals surface area contributed by atoms with E-state index in [1.807, 2.05) is 28.8 Å². The molecular weight excluding hydrogens is 412 g/mol. The van der Waals surface area contributed by atoms with Gasteiger partial charge in [-0.05, 0) is 40.2 Å². The van der Waals surface area contributed by atoms with E-state index in [0.717, 1.165) is 19.8 Å². The van der Waals surface area contributed by atoms with E-state index in [-0.39, 0.29) is 5.91 Å². The van der Waals surface area contributed by atoms with Crippen LogP contribution in [-0.4, -0.2) is 31.3 Å². The molecule has 0 fully saturated rings. The number of amides is 1. The first-order chi connectivity index (χ1) is 11.6. The number of fused-ring (bicyclic) bond motifs is 1. The molecule has 0 saturated carbocycles. The summed E-state index contributed by atoms with van der Waals surface area (Å²) in [4.78, 5) is 18.0. The van der Waals surface area contributed by atoms with Crippen LogP contribution < -0.4 is 9.54 Å². The largest absolute Gasteiger partial charge is 0.495 e. The van der Waals surface area contributed by atoms with Crippen LogP contribution in [0.2, 0.25) is 0 Å². The maximum atomic E-state index is 12.4. The van der Waals surface area contributed by atoms with Gasteiger partial charge in [-0.15, -0.1) is 11.3 Å². The molecule has 0 atom stereocenters. The zero-order valence-electron chi connectivity index (χ0n) is 13.1. The second-order valence-electron chi connectivity index (χ2n) is 4.86. The summed E-state index contributed by atoms with van der Waals surface area (Å²) in [6.45, 7) is 1.12. The van der Waals surface area contributed by atoms with E-state index in [1.54, 1.807) is 20.3 Å². The van der Waals surface area contributed by atoms with Gasteiger partial charge in [0.2, 0.25) is 0 Å². The molecule has 1 aromatic carbocycles. The lowest BCUT2D eigenvalue weighted by Gasteiger charge is -2.07. The number of hydrogen-bond acceptors (Lipinski definition) is 5. The highest BCUT2D eigenvalue weighted by Gasteiger charge is 2.13. The number of carbonyl (C=O) groups is 1. The number of aromatic nitrogens is 1. The van der Waals surface area contributed by atoms with Gasteiger partial charge in [0.25, 0.3) is 5.91 Å². The summed E-state index contributed by atoms with van der Waals surface area (Å²) in [6.07, 6.45) is 0. The van der Waals surface area contributed by atoms with Crippen LogP contribution in [0.25, 0.3) is 10.2 Å². The third-order valence-corrected chi connectivity index (χ3v) is 6.04. The van der Waals surface area contributed by atoms with Gasteiger partial charge < -0.3 is 14.0 Å². The lowest BCUT2D eigenvalue weighted by atomic mass is 10.3. The Morgan fingerprint density at radius 2 is 2.08 bits per heavy atom. The number of benzene rings is 1. The van der Waals surface area contributed by atoms with Crippen molar-refractivity contribution in [3.8, 4) is 5.75 Å². The molecule has 5 nitrogen and oxygen atoms in total. The van der Waals surface area contributed by atoms with E-state index in [1.165, 1.54) is 22.7 Å². The topological polar surface area (TPSA) is 52.8 Å². The predicted octanol–water partition coefficient (Wildman–Crippen LogP) is 3.92. The molecule has 126 valence electrons. The van der Waals surface area contributed by atoms with Crippen molar-refractivity contribution in [1.29, 1.82) is 0 Å². The summed E-state index contributed by atoms with van der Waals surface area (Å²) >= 11 is 6.21. The van der Waals surface area contributed by atoms with Gasteiger partial charge in [0, 0.05) is 13.7 Å². The summed E-state index contributed by atoms with van der Waals surface area (Å²) in [5.41, 5.74) is 0.931. The summed E-state index contributed by atoms with van der Waals surface area (Å²) in [5, 5.41) is 0. The molecule has 0 bridgehead atoms. The Morgan fingerprint density at radius 1 is 1.25 bits per heavy atom. The van der Waals surface area contributed by atoms with E-state index in [9.17, 15) is 4.79 Å². The number of halogens is 1. The van der Waals surface area contributed by atoms with E-state index in [4.69, 9.17) is 9.47 Å². The highest BCUT2D eigenvalue weighted by Crippen LogP contribution is 2.27. The van der Waals surface area contributed by atoms with Crippen molar-refractivity contribution in [2.45, 2.75) is 6.54 Å². The monoisotopic (exact) mass is 426 g/mol. The molecule has 0 aliphatic carbocycles. The van der Waals surface area contributed by atoms with Crippen molar-refractivity contribution in [2.75, 3.05) is 20.8 Å². The Hall–Kier alpha value is -1.48. The standard InChI is InChI=1S/C16H15BrN2O3S2/c1-21-9-8-19-14-10(22-2)4-3-5-11(14)24-16(19)18-15(20)12-6-7-13(17)23-12/h3-7H,8-9H2,1-2H3. The van der Waals surface area contributed by atoms with Gasteiger partial charge in [0.15, 0.2) is 4.80 Å². The number of nitrogens with zero attached hydrogens (tertiary/aromatic N) is 2. The first-order valence-electron chi connectivity index (χ1n) is 7.13. The Labute approximate surface area is 155 Å². The minimum atomic E-state index is -0.248. The SMILES string of the molecule is COCCn1c(=NC(=O)c2ccc(Br)s2)sc2cccc(OC)c21. The Bertz CT molecular complexity index is 942. The summed E-state index contributed by atoms with van der Waals surface area (Å²) in [6, 6.07) is 9.45. The van der Waals surface area contributed by atoms with Crippen molar-refractivity contribution >= 4 is 54.7 Å². The number of thiophene rings is 1. The minimum absolute atomic E-state index is 0.248. The van der Waals surface area contributed by atoms with Crippen LogP contribution in [0.5, 0.6) is 5.75 Å². The number of thiazole rings is 1. The van der Waals surface area contributed by atoms with Gasteiger partial charge in [-0.3, -0.25) is 4.79 Å². The van der Waals surface area contributed by atoms with Gasteiger partial charge >= 0.3 is 0 Å². The van der Waals surface area contributed by atoms with Crippen LogP contribution in [0.4, 0.5) is 0 Å². The fourth-order valence-electron chi connectivity index (χ4n) is 2.31. The third kappa shape index (κ3) is 3.46. The quantitative estimate of drug-likeness (QED) is 0.620. The number of rotatable bonds is 5. The fraction of sp³-hybridized carbons (Fsp3) is 0.250. The molecular formula is C16H15BrN2O3S2. The zero-order valence-corrected chi connectivity index (χ0v) is 16.3. The normalized spacial score (nSPS) is 12.0. The average molecular weight is 427 g/mol. The lowest BCUT2D eigenvalue weighted by molar-refractivity contribution is 0.100. The van der Waals surface area contributed by atoms with Crippen molar-refractivity contribution in [1.82, 2.24) is 4.57 Å². The number of carbonyl (C=O) groups excluding carboxylic acids is 1. The van der Waals surface area contributed by atoms with Gasteiger partial charge in [0.1, 0.15) is 11.3 Å². The molecule has 2 heterocycles. The molecule has 0 spiro atoms. The van der Waals surface area contributed by atoms with E-state index in [2.05, 4.69) is 20.9 Å². The molecule has 0 unspecified atom stereocenters. The van der Waals surface area contributed by atoms with Gasteiger partial charge in [-0.2, -0.15) is 4.99 Å². The fourth-order valence-corrected chi connectivity index (χ4v) is 4.65.